The number of aromatic amines is 1. The molecule has 2 aromatic rings. The molecule has 0 aliphatic heterocycles. The highest BCUT2D eigenvalue weighted by Crippen LogP contribution is 2.29. The number of ether oxygens (including phenoxy) is 1. The van der Waals surface area contributed by atoms with E-state index >= 15 is 0 Å². The molecule has 7 heteroatoms. The third-order valence-electron chi connectivity index (χ3n) is 2.32. The molecule has 2 aromatic heterocycles. The number of pyridine rings is 1. The second kappa shape index (κ2) is 4.32. The predicted molar refractivity (Wildman–Crippen MR) is 57.1 cm³/mol. The summed E-state index contributed by atoms with van der Waals surface area (Å²) < 4.78 is 42.1. The van der Waals surface area contributed by atoms with Crippen LogP contribution in [0.3, 0.4) is 0 Å². The van der Waals surface area contributed by atoms with Gasteiger partial charge in [0.15, 0.2) is 0 Å². The number of hydrogen-bond donors (Lipinski definition) is 1. The smallest absolute Gasteiger partial charge is 0.433 e. The Bertz CT molecular complexity index is 589. The number of alkyl halides is 3. The third kappa shape index (κ3) is 2.15. The maximum Gasteiger partial charge on any atom is 0.433 e. The van der Waals surface area contributed by atoms with Crippen LogP contribution in [0.1, 0.15) is 23.0 Å². The lowest BCUT2D eigenvalue weighted by Gasteiger charge is -2.05. The molecule has 4 nitrogen and oxygen atoms in total. The Morgan fingerprint density at radius 1 is 1.44 bits per heavy atom. The molecule has 0 aliphatic carbocycles. The Kier molecular flexibility index (Phi) is 2.98. The minimum Gasteiger partial charge on any atom is -0.462 e. The molecule has 0 unspecified atom stereocenters. The summed E-state index contributed by atoms with van der Waals surface area (Å²) in [5.74, 6) is -0.592. The number of nitrogens with zero attached hydrogens (tertiary/aromatic N) is 1. The first-order valence-corrected chi connectivity index (χ1v) is 5.16. The normalized spacial score (nSPS) is 11.8. The van der Waals surface area contributed by atoms with E-state index in [2.05, 4.69) is 9.97 Å². The van der Waals surface area contributed by atoms with Crippen LogP contribution in [0.4, 0.5) is 13.2 Å². The van der Waals surface area contributed by atoms with Crippen LogP contribution in [0.25, 0.3) is 11.0 Å². The fourth-order valence-corrected chi connectivity index (χ4v) is 1.54. The highest BCUT2D eigenvalue weighted by Gasteiger charge is 2.33. The molecular weight excluding hydrogens is 249 g/mol. The van der Waals surface area contributed by atoms with Crippen molar-refractivity contribution in [1.29, 1.82) is 0 Å². The van der Waals surface area contributed by atoms with E-state index < -0.39 is 17.8 Å². The van der Waals surface area contributed by atoms with Crippen molar-refractivity contribution in [3.63, 3.8) is 0 Å². The Balaban J connectivity index is 2.47. The van der Waals surface area contributed by atoms with Gasteiger partial charge in [0.25, 0.3) is 0 Å². The van der Waals surface area contributed by atoms with Gasteiger partial charge in [-0.3, -0.25) is 0 Å². The molecule has 0 bridgehead atoms. The van der Waals surface area contributed by atoms with Gasteiger partial charge in [0.2, 0.25) is 0 Å². The third-order valence-corrected chi connectivity index (χ3v) is 2.32. The topological polar surface area (TPSA) is 55.0 Å². The molecule has 1 N–H and O–H groups in total. The number of aromatic nitrogens is 2. The number of carbonyl (C=O) groups is 1. The van der Waals surface area contributed by atoms with E-state index in [1.807, 2.05) is 0 Å². The average Bonchev–Trinajstić information content (AvgIpc) is 2.70. The molecule has 0 radical (unpaired) electrons. The zero-order valence-electron chi connectivity index (χ0n) is 9.34. The lowest BCUT2D eigenvalue weighted by atomic mass is 10.2. The molecule has 0 aliphatic rings. The summed E-state index contributed by atoms with van der Waals surface area (Å²) in [5, 5.41) is 0.307. The summed E-state index contributed by atoms with van der Waals surface area (Å²) in [7, 11) is 0. The van der Waals surface area contributed by atoms with E-state index in [0.29, 0.717) is 5.39 Å². The van der Waals surface area contributed by atoms with Crippen LogP contribution in [-0.2, 0) is 10.9 Å². The molecular formula is C11H9F3N2O2. The monoisotopic (exact) mass is 258 g/mol. The van der Waals surface area contributed by atoms with Gasteiger partial charge >= 0.3 is 12.1 Å². The van der Waals surface area contributed by atoms with E-state index in [0.717, 1.165) is 6.07 Å². The number of halogens is 3. The van der Waals surface area contributed by atoms with Crippen LogP contribution in [-0.4, -0.2) is 22.5 Å². The number of carbonyl (C=O) groups excluding carboxylic acids is 1. The van der Waals surface area contributed by atoms with Gasteiger partial charge in [-0.2, -0.15) is 13.2 Å². The van der Waals surface area contributed by atoms with E-state index in [-0.39, 0.29) is 17.8 Å². The fourth-order valence-electron chi connectivity index (χ4n) is 1.54. The number of hydrogen-bond acceptors (Lipinski definition) is 3. The standard InChI is InChI=1S/C11H9F3N2O2/c1-2-18-10(17)7-5-15-9-6(7)3-4-8(16-9)11(12,13)14/h3-5H,2H2,1H3,(H,15,16). The van der Waals surface area contributed by atoms with E-state index in [9.17, 15) is 18.0 Å². The van der Waals surface area contributed by atoms with Crippen LogP contribution in [0, 0.1) is 0 Å². The van der Waals surface area contributed by atoms with E-state index in [1.165, 1.54) is 12.3 Å². The zero-order chi connectivity index (χ0) is 13.3. The Morgan fingerprint density at radius 2 is 2.17 bits per heavy atom. The zero-order valence-corrected chi connectivity index (χ0v) is 9.34. The lowest BCUT2D eigenvalue weighted by molar-refractivity contribution is -0.141. The van der Waals surface area contributed by atoms with Crippen LogP contribution in [0.2, 0.25) is 0 Å². The summed E-state index contributed by atoms with van der Waals surface area (Å²) in [6.45, 7) is 1.84. The van der Waals surface area contributed by atoms with Crippen molar-refractivity contribution < 1.29 is 22.7 Å². The lowest BCUT2D eigenvalue weighted by Crippen LogP contribution is -2.08. The van der Waals surface area contributed by atoms with Crippen LogP contribution < -0.4 is 0 Å². The van der Waals surface area contributed by atoms with Crippen LogP contribution >= 0.6 is 0 Å². The molecule has 18 heavy (non-hydrogen) atoms. The largest absolute Gasteiger partial charge is 0.462 e. The minimum atomic E-state index is -4.51. The molecule has 0 saturated heterocycles. The second-order valence-corrected chi connectivity index (χ2v) is 3.51. The molecule has 0 aromatic carbocycles. The fraction of sp³-hybridized carbons (Fsp3) is 0.273. The number of rotatable bonds is 2. The van der Waals surface area contributed by atoms with Gasteiger partial charge in [0.05, 0.1) is 12.2 Å². The van der Waals surface area contributed by atoms with Crippen LogP contribution in [0.5, 0.6) is 0 Å². The SMILES string of the molecule is CCOC(=O)c1c[nH]c2nc(C(F)(F)F)ccc12. The van der Waals surface area contributed by atoms with Gasteiger partial charge in [0.1, 0.15) is 11.3 Å². The summed E-state index contributed by atoms with van der Waals surface area (Å²) >= 11 is 0. The maximum atomic E-state index is 12.4. The Hall–Kier alpha value is -2.05. The molecule has 0 amide bonds. The molecule has 0 spiro atoms. The first-order valence-electron chi connectivity index (χ1n) is 5.16. The van der Waals surface area contributed by atoms with E-state index in [4.69, 9.17) is 4.74 Å². The number of fused-ring (bicyclic) bond motifs is 1. The summed E-state index contributed by atoms with van der Waals surface area (Å²) in [6, 6.07) is 2.03. The molecule has 0 atom stereocenters. The van der Waals surface area contributed by atoms with Crippen LogP contribution in [0.15, 0.2) is 18.3 Å². The first-order chi connectivity index (χ1) is 8.43. The van der Waals surface area contributed by atoms with Gasteiger partial charge in [-0.05, 0) is 19.1 Å². The molecule has 2 heterocycles. The average molecular weight is 258 g/mol. The highest BCUT2D eigenvalue weighted by molar-refractivity contribution is 6.03. The second-order valence-electron chi connectivity index (χ2n) is 3.51. The molecule has 0 fully saturated rings. The summed E-state index contributed by atoms with van der Waals surface area (Å²) in [5.41, 5.74) is -0.826. The predicted octanol–water partition coefficient (Wildman–Crippen LogP) is 2.76. The highest BCUT2D eigenvalue weighted by atomic mass is 19.4. The van der Waals surface area contributed by atoms with Crippen molar-refractivity contribution in [1.82, 2.24) is 9.97 Å². The Labute approximate surface area is 99.8 Å². The van der Waals surface area contributed by atoms with Gasteiger partial charge < -0.3 is 9.72 Å². The first kappa shape index (κ1) is 12.4. The quantitative estimate of drug-likeness (QED) is 0.842. The van der Waals surface area contributed by atoms with Gasteiger partial charge in [-0.15, -0.1) is 0 Å². The van der Waals surface area contributed by atoms with Crippen molar-refractivity contribution in [3.8, 4) is 0 Å². The maximum absolute atomic E-state index is 12.4. The summed E-state index contributed by atoms with van der Waals surface area (Å²) in [6.07, 6.45) is -3.22. The Morgan fingerprint density at radius 3 is 2.78 bits per heavy atom. The van der Waals surface area contributed by atoms with Gasteiger partial charge in [0, 0.05) is 11.6 Å². The van der Waals surface area contributed by atoms with Crippen molar-refractivity contribution in [2.24, 2.45) is 0 Å². The number of esters is 1. The van der Waals surface area contributed by atoms with Crippen molar-refractivity contribution in [2.45, 2.75) is 13.1 Å². The number of nitrogens with one attached hydrogen (secondary N) is 1. The summed E-state index contributed by atoms with van der Waals surface area (Å²) in [4.78, 5) is 17.5. The molecule has 96 valence electrons. The van der Waals surface area contributed by atoms with Crippen molar-refractivity contribution >= 4 is 17.0 Å². The molecule has 0 saturated carbocycles. The van der Waals surface area contributed by atoms with Gasteiger partial charge in [-0.1, -0.05) is 0 Å². The van der Waals surface area contributed by atoms with Crippen molar-refractivity contribution in [2.75, 3.05) is 6.61 Å². The van der Waals surface area contributed by atoms with Gasteiger partial charge in [-0.25, -0.2) is 9.78 Å². The minimum absolute atomic E-state index is 0.00729. The number of H-pyrrole nitrogens is 1. The molecule has 2 rings (SSSR count). The van der Waals surface area contributed by atoms with E-state index in [1.54, 1.807) is 6.92 Å². The van der Waals surface area contributed by atoms with Crippen molar-refractivity contribution in [3.05, 3.63) is 29.6 Å².